The Morgan fingerprint density at radius 2 is 1.92 bits per heavy atom. The van der Waals surface area contributed by atoms with Crippen molar-refractivity contribution in [2.24, 2.45) is 23.7 Å². The van der Waals surface area contributed by atoms with Gasteiger partial charge >= 0.3 is 5.97 Å². The Kier molecular flexibility index (Phi) is 4.52. The number of carbonyl (C=O) groups excluding carboxylic acids is 1. The fourth-order valence-electron chi connectivity index (χ4n) is 4.68. The van der Waals surface area contributed by atoms with Crippen molar-refractivity contribution in [3.63, 3.8) is 0 Å². The number of rotatable bonds is 3. The summed E-state index contributed by atoms with van der Waals surface area (Å²) in [6.45, 7) is 1.97. The third-order valence-electron chi connectivity index (χ3n) is 6.08. The van der Waals surface area contributed by atoms with Gasteiger partial charge in [0.1, 0.15) is 36.4 Å². The summed E-state index contributed by atoms with van der Waals surface area (Å²) in [5.41, 5.74) is 0. The first-order valence-corrected chi connectivity index (χ1v) is 8.70. The molecule has 0 aromatic rings. The standard InChI is InChI=1S/C16H24O9/c1-5-2-7-9-6(5)4-22-15(10(9)14(21)23-7)25-16-13(20)12(19)11(18)8(3-17)24-16/h5-13,15-20H,2-4H2,1H3. The molecule has 0 aromatic carbocycles. The van der Waals surface area contributed by atoms with E-state index in [1.807, 2.05) is 0 Å². The molecule has 11 unspecified atom stereocenters. The number of ether oxygens (including phenoxy) is 4. The van der Waals surface area contributed by atoms with Gasteiger partial charge in [-0.1, -0.05) is 6.92 Å². The van der Waals surface area contributed by atoms with Gasteiger partial charge in [0.2, 0.25) is 0 Å². The number of hydrogen-bond acceptors (Lipinski definition) is 9. The van der Waals surface area contributed by atoms with Crippen molar-refractivity contribution in [2.75, 3.05) is 13.2 Å². The second-order valence-electron chi connectivity index (χ2n) is 7.49. The number of carbonyl (C=O) groups is 1. The Labute approximate surface area is 144 Å². The normalized spacial score (nSPS) is 55.1. The van der Waals surface area contributed by atoms with Crippen molar-refractivity contribution in [1.82, 2.24) is 0 Å². The molecule has 3 aliphatic heterocycles. The van der Waals surface area contributed by atoms with E-state index in [0.717, 1.165) is 6.42 Å². The van der Waals surface area contributed by atoms with Crippen LogP contribution in [0.25, 0.3) is 0 Å². The summed E-state index contributed by atoms with van der Waals surface area (Å²) in [6, 6.07) is 0. The summed E-state index contributed by atoms with van der Waals surface area (Å²) < 4.78 is 22.2. The fourth-order valence-corrected chi connectivity index (χ4v) is 4.68. The topological polar surface area (TPSA) is 135 Å². The van der Waals surface area contributed by atoms with Gasteiger partial charge in [0.25, 0.3) is 0 Å². The van der Waals surface area contributed by atoms with E-state index < -0.39 is 49.5 Å². The average Bonchev–Trinajstić information content (AvgIpc) is 3.08. The third-order valence-corrected chi connectivity index (χ3v) is 6.08. The van der Waals surface area contributed by atoms with Gasteiger partial charge in [-0.25, -0.2) is 0 Å². The second-order valence-corrected chi connectivity index (χ2v) is 7.49. The van der Waals surface area contributed by atoms with Crippen molar-refractivity contribution >= 4 is 5.97 Å². The van der Waals surface area contributed by atoms with E-state index in [2.05, 4.69) is 6.92 Å². The highest BCUT2D eigenvalue weighted by atomic mass is 16.8. The first kappa shape index (κ1) is 17.6. The van der Waals surface area contributed by atoms with E-state index in [0.29, 0.717) is 12.5 Å². The zero-order valence-corrected chi connectivity index (χ0v) is 13.8. The van der Waals surface area contributed by atoms with Crippen molar-refractivity contribution < 1.29 is 44.2 Å². The van der Waals surface area contributed by atoms with Crippen molar-refractivity contribution in [3.8, 4) is 0 Å². The minimum Gasteiger partial charge on any atom is -0.462 e. The molecule has 0 amide bonds. The van der Waals surface area contributed by atoms with Crippen LogP contribution in [0.4, 0.5) is 0 Å². The lowest BCUT2D eigenvalue weighted by Crippen LogP contribution is -2.60. The van der Waals surface area contributed by atoms with Crippen LogP contribution in [0.2, 0.25) is 0 Å². The average molecular weight is 360 g/mol. The number of hydrogen-bond donors (Lipinski definition) is 4. The van der Waals surface area contributed by atoms with Crippen molar-refractivity contribution in [2.45, 2.75) is 56.4 Å². The summed E-state index contributed by atoms with van der Waals surface area (Å²) in [5, 5.41) is 39.0. The molecule has 0 spiro atoms. The van der Waals surface area contributed by atoms with Crippen LogP contribution in [0.5, 0.6) is 0 Å². The minimum absolute atomic E-state index is 0.00568. The van der Waals surface area contributed by atoms with Crippen LogP contribution >= 0.6 is 0 Å². The maximum atomic E-state index is 12.3. The molecule has 3 heterocycles. The molecule has 25 heavy (non-hydrogen) atoms. The maximum Gasteiger partial charge on any atom is 0.314 e. The second kappa shape index (κ2) is 6.41. The molecule has 1 saturated carbocycles. The van der Waals surface area contributed by atoms with E-state index in [1.54, 1.807) is 0 Å². The van der Waals surface area contributed by atoms with Gasteiger partial charge in [-0.05, 0) is 18.3 Å². The van der Waals surface area contributed by atoms with Crippen LogP contribution in [0.15, 0.2) is 0 Å². The molecule has 4 aliphatic rings. The van der Waals surface area contributed by atoms with Gasteiger partial charge in [0, 0.05) is 5.92 Å². The van der Waals surface area contributed by atoms with Crippen LogP contribution in [-0.2, 0) is 23.7 Å². The van der Waals surface area contributed by atoms with Crippen LogP contribution in [0.1, 0.15) is 13.3 Å². The van der Waals surface area contributed by atoms with E-state index >= 15 is 0 Å². The Morgan fingerprint density at radius 3 is 2.64 bits per heavy atom. The van der Waals surface area contributed by atoms with Crippen molar-refractivity contribution in [1.29, 1.82) is 0 Å². The molecular weight excluding hydrogens is 336 g/mol. The lowest BCUT2D eigenvalue weighted by molar-refractivity contribution is -0.351. The van der Waals surface area contributed by atoms with Gasteiger partial charge in [-0.2, -0.15) is 0 Å². The van der Waals surface area contributed by atoms with Crippen LogP contribution < -0.4 is 0 Å². The van der Waals surface area contributed by atoms with Crippen molar-refractivity contribution in [3.05, 3.63) is 0 Å². The van der Waals surface area contributed by atoms with Gasteiger partial charge in [0.15, 0.2) is 12.6 Å². The third kappa shape index (κ3) is 2.69. The summed E-state index contributed by atoms with van der Waals surface area (Å²) in [6.07, 6.45) is -7.25. The summed E-state index contributed by atoms with van der Waals surface area (Å²) in [5.74, 6) is -0.386. The summed E-state index contributed by atoms with van der Waals surface area (Å²) >= 11 is 0. The summed E-state index contributed by atoms with van der Waals surface area (Å²) in [4.78, 5) is 12.3. The highest BCUT2D eigenvalue weighted by Crippen LogP contribution is 2.52. The largest absolute Gasteiger partial charge is 0.462 e. The highest BCUT2D eigenvalue weighted by Gasteiger charge is 2.61. The van der Waals surface area contributed by atoms with Gasteiger partial charge in [-0.15, -0.1) is 0 Å². The van der Waals surface area contributed by atoms with Gasteiger partial charge in [-0.3, -0.25) is 4.79 Å². The predicted molar refractivity (Wildman–Crippen MR) is 78.7 cm³/mol. The van der Waals surface area contributed by atoms with Crippen LogP contribution in [0.3, 0.4) is 0 Å². The number of aliphatic hydroxyl groups excluding tert-OH is 4. The minimum atomic E-state index is -1.54. The molecule has 0 radical (unpaired) electrons. The number of aliphatic hydroxyl groups is 4. The molecule has 11 atom stereocenters. The Hall–Kier alpha value is -0.810. The molecule has 4 fully saturated rings. The summed E-state index contributed by atoms with van der Waals surface area (Å²) in [7, 11) is 0. The highest BCUT2D eigenvalue weighted by molar-refractivity contribution is 5.76. The zero-order valence-electron chi connectivity index (χ0n) is 13.8. The lowest BCUT2D eigenvalue weighted by atomic mass is 9.80. The fraction of sp³-hybridized carbons (Fsp3) is 0.938. The molecular formula is C16H24O9. The SMILES string of the molecule is CC1CC2OC(=O)C3C(OC4OC(CO)C(O)C(O)C4O)OCC1C23. The molecule has 0 aromatic heterocycles. The zero-order chi connectivity index (χ0) is 17.9. The maximum absolute atomic E-state index is 12.3. The van der Waals surface area contributed by atoms with Crippen LogP contribution in [0, 0.1) is 23.7 Å². The van der Waals surface area contributed by atoms with E-state index in [4.69, 9.17) is 18.9 Å². The first-order chi connectivity index (χ1) is 11.9. The first-order valence-electron chi connectivity index (χ1n) is 8.70. The molecule has 0 bridgehead atoms. The smallest absolute Gasteiger partial charge is 0.314 e. The van der Waals surface area contributed by atoms with E-state index in [9.17, 15) is 25.2 Å². The Morgan fingerprint density at radius 1 is 1.16 bits per heavy atom. The molecule has 1 aliphatic carbocycles. The molecule has 9 heteroatoms. The number of esters is 1. The molecule has 142 valence electrons. The van der Waals surface area contributed by atoms with E-state index in [1.165, 1.54) is 0 Å². The van der Waals surface area contributed by atoms with Gasteiger partial charge < -0.3 is 39.4 Å². The predicted octanol–water partition coefficient (Wildman–Crippen LogP) is -2.03. The molecule has 9 nitrogen and oxygen atoms in total. The van der Waals surface area contributed by atoms with Crippen LogP contribution in [-0.4, -0.2) is 82.7 Å². The quantitative estimate of drug-likeness (QED) is 0.420. The lowest BCUT2D eigenvalue weighted by Gasteiger charge is -2.43. The Balaban J connectivity index is 1.50. The van der Waals surface area contributed by atoms with Gasteiger partial charge in [0.05, 0.1) is 13.2 Å². The van der Waals surface area contributed by atoms with E-state index in [-0.39, 0.29) is 23.9 Å². The molecule has 3 saturated heterocycles. The monoisotopic (exact) mass is 360 g/mol. The Bertz CT molecular complexity index is 526. The molecule has 4 rings (SSSR count). The molecule has 4 N–H and O–H groups in total.